The number of ether oxygens (including phenoxy) is 1. The maximum Gasteiger partial charge on any atom is 0.243 e. The maximum absolute atomic E-state index is 15.2. The Balaban J connectivity index is 1.58. The van der Waals surface area contributed by atoms with Crippen molar-refractivity contribution in [3.63, 3.8) is 0 Å². The van der Waals surface area contributed by atoms with Crippen LogP contribution >= 0.6 is 11.6 Å². The van der Waals surface area contributed by atoms with Crippen LogP contribution in [0.25, 0.3) is 0 Å². The Morgan fingerprint density at radius 1 is 1.21 bits per heavy atom. The average Bonchev–Trinajstić information content (AvgIpc) is 2.89. The fourth-order valence-corrected chi connectivity index (χ4v) is 6.68. The lowest BCUT2D eigenvalue weighted by Crippen LogP contribution is -2.66. The van der Waals surface area contributed by atoms with Crippen molar-refractivity contribution in [1.82, 2.24) is 16.0 Å². The second kappa shape index (κ2) is 13.0. The van der Waals surface area contributed by atoms with E-state index in [2.05, 4.69) is 21.3 Å². The van der Waals surface area contributed by atoms with Crippen LogP contribution in [0, 0.1) is 5.82 Å². The lowest BCUT2D eigenvalue weighted by atomic mass is 9.98. The normalized spacial score (nSPS) is 23.2. The van der Waals surface area contributed by atoms with Crippen LogP contribution in [0.5, 0.6) is 0 Å². The first-order valence-electron chi connectivity index (χ1n) is 13.4. The molecule has 0 saturated carbocycles. The highest BCUT2D eigenvalue weighted by Gasteiger charge is 2.43. The number of carbonyl (C=O) groups excluding carboxylic acids is 1. The number of hydrogen-bond donors (Lipinski definition) is 4. The van der Waals surface area contributed by atoms with E-state index in [0.29, 0.717) is 42.5 Å². The molecule has 2 fully saturated rings. The molecule has 0 radical (unpaired) electrons. The van der Waals surface area contributed by atoms with Gasteiger partial charge >= 0.3 is 0 Å². The molecule has 2 aliphatic heterocycles. The molecule has 39 heavy (non-hydrogen) atoms. The Morgan fingerprint density at radius 2 is 1.92 bits per heavy atom. The van der Waals surface area contributed by atoms with E-state index in [1.807, 2.05) is 19.1 Å². The summed E-state index contributed by atoms with van der Waals surface area (Å²) in [7, 11) is -3.51. The summed E-state index contributed by atoms with van der Waals surface area (Å²) in [6.45, 7) is 3.99. The quantitative estimate of drug-likeness (QED) is 0.342. The van der Waals surface area contributed by atoms with E-state index in [9.17, 15) is 13.2 Å². The van der Waals surface area contributed by atoms with Crippen molar-refractivity contribution in [2.24, 2.45) is 0 Å². The topological polar surface area (TPSA) is 109 Å². The molecule has 2 aromatic carbocycles. The second-order valence-electron chi connectivity index (χ2n) is 10.6. The largest absolute Gasteiger partial charge is 0.381 e. The Bertz CT molecular complexity index is 1240. The SMILES string of the molecule is C[C@H]1CNC[C@](CCc2c(F)cccc2N[C@@H](Cc2ccc(Cl)cc2)C(=O)NC2CCOCC2)(S(C)(=O)=O)N1. The monoisotopic (exact) mass is 580 g/mol. The maximum atomic E-state index is 15.2. The van der Waals surface area contributed by atoms with Crippen LogP contribution in [-0.4, -0.2) is 69.9 Å². The van der Waals surface area contributed by atoms with Crippen LogP contribution in [0.2, 0.25) is 5.02 Å². The molecule has 4 N–H and O–H groups in total. The van der Waals surface area contributed by atoms with E-state index in [1.54, 1.807) is 24.3 Å². The van der Waals surface area contributed by atoms with E-state index in [0.717, 1.165) is 18.4 Å². The summed E-state index contributed by atoms with van der Waals surface area (Å²) in [6, 6.07) is 11.2. The zero-order valence-corrected chi connectivity index (χ0v) is 24.0. The summed E-state index contributed by atoms with van der Waals surface area (Å²) in [4.78, 5) is 12.3. The molecule has 8 nitrogen and oxygen atoms in total. The third kappa shape index (κ3) is 7.70. The van der Waals surface area contributed by atoms with Crippen molar-refractivity contribution in [1.29, 1.82) is 0 Å². The average molecular weight is 581 g/mol. The molecule has 0 spiro atoms. The zero-order chi connectivity index (χ0) is 28.0. The fraction of sp³-hybridized carbons (Fsp3) is 0.536. The Morgan fingerprint density at radius 3 is 2.59 bits per heavy atom. The van der Waals surface area contributed by atoms with E-state index in [-0.39, 0.29) is 37.4 Å². The molecule has 0 bridgehead atoms. The smallest absolute Gasteiger partial charge is 0.243 e. The van der Waals surface area contributed by atoms with Gasteiger partial charge in [-0.15, -0.1) is 0 Å². The van der Waals surface area contributed by atoms with Crippen molar-refractivity contribution >= 4 is 33.0 Å². The summed E-state index contributed by atoms with van der Waals surface area (Å²) in [5, 5.41) is 13.4. The number of benzene rings is 2. The first kappa shape index (κ1) is 29.7. The third-order valence-electron chi connectivity index (χ3n) is 7.54. The van der Waals surface area contributed by atoms with Crippen molar-refractivity contribution < 1.29 is 22.3 Å². The Hall–Kier alpha value is -2.24. The molecule has 0 aliphatic carbocycles. The molecule has 2 aromatic rings. The van der Waals surface area contributed by atoms with Gasteiger partial charge in [0.05, 0.1) is 0 Å². The fourth-order valence-electron chi connectivity index (χ4n) is 5.30. The van der Waals surface area contributed by atoms with E-state index in [4.69, 9.17) is 16.3 Å². The molecule has 2 heterocycles. The van der Waals surface area contributed by atoms with Crippen LogP contribution in [0.1, 0.15) is 37.3 Å². The molecule has 4 rings (SSSR count). The van der Waals surface area contributed by atoms with Gasteiger partial charge in [-0.1, -0.05) is 29.8 Å². The number of nitrogens with one attached hydrogen (secondary N) is 4. The Kier molecular flexibility index (Phi) is 9.87. The first-order chi connectivity index (χ1) is 18.6. The highest BCUT2D eigenvalue weighted by molar-refractivity contribution is 7.92. The summed E-state index contributed by atoms with van der Waals surface area (Å²) >= 11 is 6.06. The van der Waals surface area contributed by atoms with Gasteiger partial charge in [0.2, 0.25) is 5.91 Å². The molecule has 0 aromatic heterocycles. The lowest BCUT2D eigenvalue weighted by molar-refractivity contribution is -0.123. The van der Waals surface area contributed by atoms with Crippen LogP contribution < -0.4 is 21.3 Å². The van der Waals surface area contributed by atoms with Gasteiger partial charge in [-0.2, -0.15) is 0 Å². The number of hydrogen-bond acceptors (Lipinski definition) is 7. The molecule has 1 amide bonds. The summed E-state index contributed by atoms with van der Waals surface area (Å²) in [5.41, 5.74) is 1.72. The zero-order valence-electron chi connectivity index (χ0n) is 22.4. The highest BCUT2D eigenvalue weighted by atomic mass is 35.5. The van der Waals surface area contributed by atoms with Crippen LogP contribution in [0.3, 0.4) is 0 Å². The number of halogens is 2. The van der Waals surface area contributed by atoms with Crippen LogP contribution in [-0.2, 0) is 32.2 Å². The van der Waals surface area contributed by atoms with E-state index >= 15 is 4.39 Å². The lowest BCUT2D eigenvalue weighted by Gasteiger charge is -2.40. The number of piperazine rings is 1. The van der Waals surface area contributed by atoms with E-state index < -0.39 is 26.6 Å². The van der Waals surface area contributed by atoms with Crippen molar-refractivity contribution in [3.8, 4) is 0 Å². The van der Waals surface area contributed by atoms with Crippen molar-refractivity contribution in [2.75, 3.05) is 37.9 Å². The van der Waals surface area contributed by atoms with E-state index in [1.165, 1.54) is 12.3 Å². The predicted octanol–water partition coefficient (Wildman–Crippen LogP) is 3.05. The number of rotatable bonds is 10. The number of amides is 1. The standard InChI is InChI=1S/C28H38ClFN4O4S/c1-19-17-31-18-28(34-19,39(2,36)37)13-10-23-24(30)4-3-5-25(23)33-26(16-20-6-8-21(29)9-7-20)27(35)32-22-11-14-38-15-12-22/h3-9,19,22,26,31,33-34H,10-18H2,1-2H3,(H,32,35)/t19-,26-,28-/m0/s1. The Labute approximate surface area is 235 Å². The summed E-state index contributed by atoms with van der Waals surface area (Å²) < 4.78 is 46.3. The van der Waals surface area contributed by atoms with Gasteiger partial charge in [-0.25, -0.2) is 12.8 Å². The molecule has 11 heteroatoms. The van der Waals surface area contributed by atoms with Gasteiger partial charge in [0.15, 0.2) is 9.84 Å². The van der Waals surface area contributed by atoms with Crippen molar-refractivity contribution in [3.05, 3.63) is 64.4 Å². The number of carbonyl (C=O) groups is 1. The minimum atomic E-state index is -3.51. The van der Waals surface area contributed by atoms with Gasteiger partial charge in [0, 0.05) is 67.3 Å². The molecular weight excluding hydrogens is 543 g/mol. The van der Waals surface area contributed by atoms with Gasteiger partial charge in [0.1, 0.15) is 16.7 Å². The van der Waals surface area contributed by atoms with Gasteiger partial charge in [-0.3, -0.25) is 10.1 Å². The molecule has 3 atom stereocenters. The predicted molar refractivity (Wildman–Crippen MR) is 152 cm³/mol. The molecule has 214 valence electrons. The van der Waals surface area contributed by atoms with Crippen LogP contribution in [0.4, 0.5) is 10.1 Å². The molecule has 2 aliphatic rings. The molecule has 2 saturated heterocycles. The minimum absolute atomic E-state index is 0.00855. The van der Waals surface area contributed by atoms with Gasteiger partial charge < -0.3 is 20.7 Å². The van der Waals surface area contributed by atoms with Gasteiger partial charge in [-0.05, 0) is 62.4 Å². The molecular formula is C28H38ClFN4O4S. The second-order valence-corrected chi connectivity index (χ2v) is 13.4. The minimum Gasteiger partial charge on any atom is -0.381 e. The summed E-state index contributed by atoms with van der Waals surface area (Å²) in [5.74, 6) is -0.637. The number of anilines is 1. The summed E-state index contributed by atoms with van der Waals surface area (Å²) in [6.07, 6.45) is 3.38. The first-order valence-corrected chi connectivity index (χ1v) is 15.7. The third-order valence-corrected chi connectivity index (χ3v) is 9.68. The molecule has 0 unspecified atom stereocenters. The van der Waals surface area contributed by atoms with Crippen molar-refractivity contribution in [2.45, 2.75) is 62.0 Å². The highest BCUT2D eigenvalue weighted by Crippen LogP contribution is 2.28. The number of sulfone groups is 1. The van der Waals surface area contributed by atoms with Gasteiger partial charge in [0.25, 0.3) is 0 Å². The van der Waals surface area contributed by atoms with Crippen LogP contribution in [0.15, 0.2) is 42.5 Å².